The molecule has 0 aromatic carbocycles. The Morgan fingerprint density at radius 2 is 1.22 bits per heavy atom. The first-order chi connectivity index (χ1) is 11.4. The molecule has 0 radical (unpaired) electrons. The van der Waals surface area contributed by atoms with Crippen LogP contribution in [0.15, 0.2) is 53.3 Å². The summed E-state index contributed by atoms with van der Waals surface area (Å²) < 4.78 is 3.04. The van der Waals surface area contributed by atoms with E-state index in [0.29, 0.717) is 0 Å². The van der Waals surface area contributed by atoms with Crippen LogP contribution >= 0.6 is 81.1 Å². The molecule has 0 nitrogen and oxygen atoms in total. The standard InChI is InChI=1S/C16H10S7/c1-3-9(17-5-1)11-13-14(12(21-11)10-4-2-6-18-10)23-16-15(22-13)19-7-8-20-16/h1-6H,7-8H2. The van der Waals surface area contributed by atoms with Crippen molar-refractivity contribution < 1.29 is 0 Å². The number of thiophene rings is 3. The fourth-order valence-electron chi connectivity index (χ4n) is 2.44. The van der Waals surface area contributed by atoms with Gasteiger partial charge in [-0.05, 0) is 22.9 Å². The first kappa shape index (κ1) is 15.5. The van der Waals surface area contributed by atoms with Crippen molar-refractivity contribution in [3.63, 3.8) is 0 Å². The first-order valence-corrected chi connectivity index (χ1v) is 13.2. The van der Waals surface area contributed by atoms with Gasteiger partial charge in [-0.1, -0.05) is 35.7 Å². The van der Waals surface area contributed by atoms with E-state index in [2.05, 4.69) is 35.0 Å². The second-order valence-electron chi connectivity index (χ2n) is 4.85. The molecule has 5 rings (SSSR count). The Kier molecular flexibility index (Phi) is 4.39. The molecule has 0 fully saturated rings. The molecule has 7 heteroatoms. The maximum Gasteiger partial charge on any atom is 0.0655 e. The first-order valence-electron chi connectivity index (χ1n) is 7.00. The van der Waals surface area contributed by atoms with Gasteiger partial charge in [0.1, 0.15) is 0 Å². The lowest BCUT2D eigenvalue weighted by Crippen LogP contribution is -1.97. The zero-order valence-electron chi connectivity index (χ0n) is 11.7. The van der Waals surface area contributed by atoms with Gasteiger partial charge in [0, 0.05) is 31.1 Å². The van der Waals surface area contributed by atoms with E-state index in [1.807, 2.05) is 81.1 Å². The highest BCUT2D eigenvalue weighted by Gasteiger charge is 2.31. The van der Waals surface area contributed by atoms with E-state index in [4.69, 9.17) is 0 Å². The number of thioether (sulfide) groups is 4. The molecule has 0 atom stereocenters. The minimum Gasteiger partial charge on any atom is -0.143 e. The lowest BCUT2D eigenvalue weighted by Gasteiger charge is -2.23. The predicted octanol–water partition coefficient (Wildman–Crippen LogP) is 8.01. The fourth-order valence-corrected chi connectivity index (χ4v) is 11.5. The van der Waals surface area contributed by atoms with Gasteiger partial charge in [-0.3, -0.25) is 0 Å². The average Bonchev–Trinajstić information content (AvgIpc) is 3.32. The van der Waals surface area contributed by atoms with Crippen molar-refractivity contribution >= 4 is 81.1 Å². The Bertz CT molecular complexity index is 797. The SMILES string of the molecule is c1csc(-c2sc(-c3cccs3)c3c2SC2=C(SCCS2)S3)c1. The summed E-state index contributed by atoms with van der Waals surface area (Å²) in [6, 6.07) is 8.83. The molecule has 0 aliphatic carbocycles. The van der Waals surface area contributed by atoms with Gasteiger partial charge < -0.3 is 0 Å². The van der Waals surface area contributed by atoms with E-state index >= 15 is 0 Å². The van der Waals surface area contributed by atoms with Crippen LogP contribution in [0.25, 0.3) is 19.5 Å². The summed E-state index contributed by atoms with van der Waals surface area (Å²) in [5.74, 6) is 2.48. The van der Waals surface area contributed by atoms with E-state index in [1.54, 1.807) is 0 Å². The highest BCUT2D eigenvalue weighted by Crippen LogP contribution is 2.63. The fraction of sp³-hybridized carbons (Fsp3) is 0.125. The van der Waals surface area contributed by atoms with Gasteiger partial charge in [0.2, 0.25) is 0 Å². The Balaban J connectivity index is 1.69. The third-order valence-electron chi connectivity index (χ3n) is 3.42. The van der Waals surface area contributed by atoms with Crippen molar-refractivity contribution in [1.29, 1.82) is 0 Å². The summed E-state index contributed by atoms with van der Waals surface area (Å²) in [6.07, 6.45) is 0. The molecule has 2 aliphatic heterocycles. The number of hydrogen-bond donors (Lipinski definition) is 0. The van der Waals surface area contributed by atoms with Gasteiger partial charge in [-0.2, -0.15) is 0 Å². The molecule has 0 bridgehead atoms. The Morgan fingerprint density at radius 1 is 0.696 bits per heavy atom. The Morgan fingerprint density at radius 3 is 1.65 bits per heavy atom. The molecule has 116 valence electrons. The minimum atomic E-state index is 1.24. The van der Waals surface area contributed by atoms with Gasteiger partial charge in [-0.15, -0.1) is 57.5 Å². The zero-order valence-corrected chi connectivity index (χ0v) is 17.5. The van der Waals surface area contributed by atoms with Crippen molar-refractivity contribution in [2.45, 2.75) is 9.79 Å². The summed E-state index contributed by atoms with van der Waals surface area (Å²) >= 11 is 13.8. The summed E-state index contributed by atoms with van der Waals surface area (Å²) in [6.45, 7) is 0. The normalized spacial score (nSPS) is 17.2. The molecule has 3 aromatic heterocycles. The molecule has 0 saturated carbocycles. The monoisotopic (exact) mass is 426 g/mol. The summed E-state index contributed by atoms with van der Waals surface area (Å²) in [5, 5.41) is 4.37. The number of hydrogen-bond acceptors (Lipinski definition) is 7. The molecule has 0 unspecified atom stereocenters. The highest BCUT2D eigenvalue weighted by atomic mass is 32.2. The van der Waals surface area contributed by atoms with Gasteiger partial charge >= 0.3 is 0 Å². The van der Waals surface area contributed by atoms with Gasteiger partial charge in [0.25, 0.3) is 0 Å². The Hall–Kier alpha value is 0.240. The molecule has 3 aromatic rings. The minimum absolute atomic E-state index is 1.24. The second kappa shape index (κ2) is 6.52. The van der Waals surface area contributed by atoms with Crippen molar-refractivity contribution in [3.05, 3.63) is 43.5 Å². The van der Waals surface area contributed by atoms with Crippen molar-refractivity contribution in [1.82, 2.24) is 0 Å². The van der Waals surface area contributed by atoms with Crippen LogP contribution in [0.5, 0.6) is 0 Å². The molecule has 0 amide bonds. The number of rotatable bonds is 2. The van der Waals surface area contributed by atoms with Crippen LogP contribution in [0, 0.1) is 0 Å². The highest BCUT2D eigenvalue weighted by molar-refractivity contribution is 8.31. The zero-order chi connectivity index (χ0) is 15.2. The topological polar surface area (TPSA) is 0 Å². The van der Waals surface area contributed by atoms with Crippen LogP contribution in [-0.4, -0.2) is 11.5 Å². The summed E-state index contributed by atoms with van der Waals surface area (Å²) in [5.41, 5.74) is 0. The van der Waals surface area contributed by atoms with Crippen LogP contribution in [0.2, 0.25) is 0 Å². The molecular weight excluding hydrogens is 417 g/mol. The quantitative estimate of drug-likeness (QED) is 0.407. The maximum absolute atomic E-state index is 2.26. The van der Waals surface area contributed by atoms with E-state index in [0.717, 1.165) is 0 Å². The smallest absolute Gasteiger partial charge is 0.0655 e. The third kappa shape index (κ3) is 2.78. The van der Waals surface area contributed by atoms with E-state index in [9.17, 15) is 0 Å². The molecule has 0 N–H and O–H groups in total. The summed E-state index contributed by atoms with van der Waals surface area (Å²) in [7, 11) is 0. The van der Waals surface area contributed by atoms with Crippen molar-refractivity contribution in [3.8, 4) is 19.5 Å². The Labute approximate surface area is 164 Å². The maximum atomic E-state index is 2.26. The lowest BCUT2D eigenvalue weighted by atomic mass is 10.3. The van der Waals surface area contributed by atoms with Gasteiger partial charge in [0.15, 0.2) is 0 Å². The largest absolute Gasteiger partial charge is 0.143 e. The lowest BCUT2D eigenvalue weighted by molar-refractivity contribution is 1.35. The van der Waals surface area contributed by atoms with Crippen LogP contribution in [0.3, 0.4) is 0 Å². The molecule has 23 heavy (non-hydrogen) atoms. The molecule has 0 saturated heterocycles. The van der Waals surface area contributed by atoms with E-state index < -0.39 is 0 Å². The third-order valence-corrected chi connectivity index (χ3v) is 12.8. The predicted molar refractivity (Wildman–Crippen MR) is 115 cm³/mol. The second-order valence-corrected chi connectivity index (χ2v) is 12.5. The van der Waals surface area contributed by atoms with Crippen molar-refractivity contribution in [2.75, 3.05) is 11.5 Å². The average molecular weight is 427 g/mol. The van der Waals surface area contributed by atoms with Crippen LogP contribution in [0.4, 0.5) is 0 Å². The van der Waals surface area contributed by atoms with E-state index in [1.165, 1.54) is 49.3 Å². The molecule has 2 aliphatic rings. The summed E-state index contributed by atoms with van der Waals surface area (Å²) in [4.78, 5) is 8.69. The molecular formula is C16H10S7. The van der Waals surface area contributed by atoms with Crippen LogP contribution in [-0.2, 0) is 0 Å². The number of fused-ring (bicyclic) bond motifs is 1. The van der Waals surface area contributed by atoms with Gasteiger partial charge in [-0.25, -0.2) is 0 Å². The van der Waals surface area contributed by atoms with Crippen LogP contribution in [0.1, 0.15) is 0 Å². The molecule has 5 heterocycles. The molecule has 0 spiro atoms. The van der Waals surface area contributed by atoms with Gasteiger partial charge in [0.05, 0.1) is 18.2 Å². The van der Waals surface area contributed by atoms with Crippen molar-refractivity contribution in [2.24, 2.45) is 0 Å². The van der Waals surface area contributed by atoms with E-state index in [-0.39, 0.29) is 0 Å². The van der Waals surface area contributed by atoms with Crippen LogP contribution < -0.4 is 0 Å².